The first-order valence-electron chi connectivity index (χ1n) is 9.88. The molecule has 0 bridgehead atoms. The molecule has 2 amide bonds. The van der Waals surface area contributed by atoms with Gasteiger partial charge in [-0.2, -0.15) is 31.4 Å². The monoisotopic (exact) mass is 599 g/mol. The number of aliphatic hydroxyl groups is 1. The van der Waals surface area contributed by atoms with Crippen LogP contribution in [0.4, 0.5) is 32.0 Å². The molecular formula is C21H16F6IN3O3. The van der Waals surface area contributed by atoms with Crippen LogP contribution in [0.15, 0.2) is 45.1 Å². The Morgan fingerprint density at radius 1 is 1.18 bits per heavy atom. The fraction of sp³-hybridized carbons (Fsp3) is 0.381. The second kappa shape index (κ2) is 8.07. The molecule has 6 nitrogen and oxygen atoms in total. The van der Waals surface area contributed by atoms with Crippen LogP contribution in [-0.4, -0.2) is 45.7 Å². The van der Waals surface area contributed by atoms with Crippen molar-refractivity contribution in [2.24, 2.45) is 16.9 Å². The first-order chi connectivity index (χ1) is 15.6. The molecular weight excluding hydrogens is 583 g/mol. The van der Waals surface area contributed by atoms with Gasteiger partial charge in [0.1, 0.15) is 5.71 Å². The lowest BCUT2D eigenvalue weighted by atomic mass is 9.91. The summed E-state index contributed by atoms with van der Waals surface area (Å²) in [5.41, 5.74) is -4.90. The number of rotatable bonds is 3. The maximum Gasteiger partial charge on any atom is 0.438 e. The maximum atomic E-state index is 13.4. The molecule has 1 aromatic rings. The zero-order valence-corrected chi connectivity index (χ0v) is 19.4. The van der Waals surface area contributed by atoms with Crippen LogP contribution >= 0.6 is 22.6 Å². The Hall–Kier alpha value is -2.42. The standard InChI is InChI=1S/C21H16F6IN3O3/c1-10-7-11(9-30-19(34,21(25,26)27)8-15(29-30)20(22,23)24)5-6-14(10)31-17(32)12-3-2-4-13(28)16(12)18(31)33/h2-7,12,16,34H,8-9H2,1H3. The van der Waals surface area contributed by atoms with Crippen LogP contribution in [0.1, 0.15) is 17.5 Å². The van der Waals surface area contributed by atoms with Crippen molar-refractivity contribution < 1.29 is 41.0 Å². The molecule has 0 saturated carbocycles. The number of nitrogens with zero attached hydrogens (tertiary/aromatic N) is 3. The van der Waals surface area contributed by atoms with Crippen molar-refractivity contribution in [2.75, 3.05) is 4.90 Å². The van der Waals surface area contributed by atoms with Crippen LogP contribution in [0.5, 0.6) is 0 Å². The highest BCUT2D eigenvalue weighted by Gasteiger charge is 2.64. The van der Waals surface area contributed by atoms with Gasteiger partial charge < -0.3 is 5.11 Å². The van der Waals surface area contributed by atoms with E-state index in [2.05, 4.69) is 5.10 Å². The van der Waals surface area contributed by atoms with Gasteiger partial charge in [-0.3, -0.25) is 14.6 Å². The molecule has 1 aromatic carbocycles. The summed E-state index contributed by atoms with van der Waals surface area (Å²) in [5.74, 6) is -2.21. The largest absolute Gasteiger partial charge is 0.438 e. The van der Waals surface area contributed by atoms with E-state index in [-0.39, 0.29) is 16.3 Å². The smallest absolute Gasteiger partial charge is 0.362 e. The van der Waals surface area contributed by atoms with Crippen molar-refractivity contribution >= 4 is 45.8 Å². The van der Waals surface area contributed by atoms with Crippen LogP contribution in [0.2, 0.25) is 0 Å². The quantitative estimate of drug-likeness (QED) is 0.319. The predicted octanol–water partition coefficient (Wildman–Crippen LogP) is 4.36. The van der Waals surface area contributed by atoms with Gasteiger partial charge in [-0.15, -0.1) is 0 Å². The van der Waals surface area contributed by atoms with Crippen molar-refractivity contribution in [1.82, 2.24) is 5.01 Å². The number of benzene rings is 1. The summed E-state index contributed by atoms with van der Waals surface area (Å²) < 4.78 is 80.1. The highest BCUT2D eigenvalue weighted by molar-refractivity contribution is 14.1. The molecule has 3 aliphatic rings. The lowest BCUT2D eigenvalue weighted by Gasteiger charge is -2.34. The number of hydrogen-bond acceptors (Lipinski definition) is 5. The molecule has 3 atom stereocenters. The first-order valence-corrected chi connectivity index (χ1v) is 11.0. The van der Waals surface area contributed by atoms with Crippen molar-refractivity contribution in [2.45, 2.75) is 38.0 Å². The number of imide groups is 1. The highest BCUT2D eigenvalue weighted by atomic mass is 127. The topological polar surface area (TPSA) is 73.2 Å². The number of aryl methyl sites for hydroxylation is 1. The summed E-state index contributed by atoms with van der Waals surface area (Å²) in [6, 6.07) is 3.96. The van der Waals surface area contributed by atoms with Crippen molar-refractivity contribution in [3.05, 3.63) is 51.1 Å². The number of carbonyl (C=O) groups is 2. The number of hydrogen-bond donors (Lipinski definition) is 1. The normalized spacial score (nSPS) is 27.3. The number of allylic oxidation sites excluding steroid dienone is 2. The third kappa shape index (κ3) is 3.91. The molecule has 34 heavy (non-hydrogen) atoms. The second-order valence-electron chi connectivity index (χ2n) is 8.17. The van der Waals surface area contributed by atoms with Gasteiger partial charge in [0, 0.05) is 3.58 Å². The second-order valence-corrected chi connectivity index (χ2v) is 9.41. The van der Waals surface area contributed by atoms with Crippen LogP contribution in [0.25, 0.3) is 0 Å². The van der Waals surface area contributed by atoms with Crippen molar-refractivity contribution in [3.63, 3.8) is 0 Å². The number of halogens is 7. The average molecular weight is 599 g/mol. The van der Waals surface area contributed by atoms with Crippen LogP contribution in [-0.2, 0) is 16.1 Å². The van der Waals surface area contributed by atoms with Crippen LogP contribution in [0.3, 0.4) is 0 Å². The number of anilines is 1. The Morgan fingerprint density at radius 3 is 2.41 bits per heavy atom. The Kier molecular flexibility index (Phi) is 5.86. The molecule has 0 aromatic heterocycles. The van der Waals surface area contributed by atoms with E-state index >= 15 is 0 Å². The summed E-state index contributed by atoms with van der Waals surface area (Å²) in [4.78, 5) is 26.8. The summed E-state index contributed by atoms with van der Waals surface area (Å²) in [6.45, 7) is 0.732. The molecule has 4 rings (SSSR count). The number of carbonyl (C=O) groups excluding carboxylic acids is 2. The molecule has 13 heteroatoms. The van der Waals surface area contributed by atoms with E-state index in [1.807, 2.05) is 22.6 Å². The van der Waals surface area contributed by atoms with Crippen LogP contribution in [0, 0.1) is 18.8 Å². The summed E-state index contributed by atoms with van der Waals surface area (Å²) in [6.07, 6.45) is -7.27. The number of hydrazone groups is 1. The van der Waals surface area contributed by atoms with E-state index in [9.17, 15) is 41.0 Å². The molecule has 1 aliphatic carbocycles. The zero-order chi connectivity index (χ0) is 25.2. The summed E-state index contributed by atoms with van der Waals surface area (Å²) in [5, 5.41) is 13.0. The van der Waals surface area contributed by atoms with Gasteiger partial charge in [-0.1, -0.05) is 30.4 Å². The maximum absolute atomic E-state index is 13.4. The van der Waals surface area contributed by atoms with Crippen LogP contribution < -0.4 is 4.90 Å². The van der Waals surface area contributed by atoms with Gasteiger partial charge in [0.05, 0.1) is 30.5 Å². The van der Waals surface area contributed by atoms with Gasteiger partial charge >= 0.3 is 12.4 Å². The fourth-order valence-corrected chi connectivity index (χ4v) is 5.04. The lowest BCUT2D eigenvalue weighted by molar-refractivity contribution is -0.310. The number of alkyl halides is 6. The Labute approximate surface area is 202 Å². The SMILES string of the molecule is Cc1cc(CN2N=C(C(F)(F)F)CC2(O)C(F)(F)F)ccc1N1C(=O)C2C=CC=C(I)C2C1=O. The third-order valence-corrected chi connectivity index (χ3v) is 6.95. The molecule has 3 unspecified atom stereocenters. The Morgan fingerprint density at radius 2 is 1.85 bits per heavy atom. The molecule has 1 saturated heterocycles. The minimum atomic E-state index is -5.40. The number of amides is 2. The van der Waals surface area contributed by atoms with E-state index in [1.54, 1.807) is 18.2 Å². The minimum Gasteiger partial charge on any atom is -0.362 e. The zero-order valence-electron chi connectivity index (χ0n) is 17.3. The average Bonchev–Trinajstić information content (AvgIpc) is 3.19. The van der Waals surface area contributed by atoms with Crippen molar-refractivity contribution in [1.29, 1.82) is 0 Å². The highest BCUT2D eigenvalue weighted by Crippen LogP contribution is 2.44. The van der Waals surface area contributed by atoms with E-state index in [0.29, 0.717) is 9.14 Å². The van der Waals surface area contributed by atoms with Crippen molar-refractivity contribution in [3.8, 4) is 0 Å². The van der Waals surface area contributed by atoms with Gasteiger partial charge in [0.2, 0.25) is 11.8 Å². The molecule has 182 valence electrons. The predicted molar refractivity (Wildman–Crippen MR) is 117 cm³/mol. The Balaban J connectivity index is 1.63. The van der Waals surface area contributed by atoms with Gasteiger partial charge in [-0.25, -0.2) is 4.90 Å². The Bertz CT molecular complexity index is 1160. The summed E-state index contributed by atoms with van der Waals surface area (Å²) >= 11 is 1.98. The molecule has 1 N–H and O–H groups in total. The van der Waals surface area contributed by atoms with E-state index in [0.717, 1.165) is 4.90 Å². The number of fused-ring (bicyclic) bond motifs is 1. The van der Waals surface area contributed by atoms with E-state index in [4.69, 9.17) is 0 Å². The molecule has 0 spiro atoms. The molecule has 2 aliphatic heterocycles. The van der Waals surface area contributed by atoms with Gasteiger partial charge in [0.25, 0.3) is 5.72 Å². The van der Waals surface area contributed by atoms with E-state index in [1.165, 1.54) is 25.1 Å². The molecule has 1 fully saturated rings. The third-order valence-electron chi connectivity index (χ3n) is 5.92. The van der Waals surface area contributed by atoms with Gasteiger partial charge in [-0.05, 0) is 46.7 Å². The minimum absolute atomic E-state index is 0.0388. The van der Waals surface area contributed by atoms with Gasteiger partial charge in [0.15, 0.2) is 0 Å². The van der Waals surface area contributed by atoms with E-state index < -0.39 is 60.4 Å². The fourth-order valence-electron chi connectivity index (χ4n) is 4.18. The molecule has 2 heterocycles. The lowest BCUT2D eigenvalue weighted by Crippen LogP contribution is -2.54. The summed E-state index contributed by atoms with van der Waals surface area (Å²) in [7, 11) is 0. The molecule has 0 radical (unpaired) electrons. The first kappa shape index (κ1) is 24.7.